The highest BCUT2D eigenvalue weighted by Gasteiger charge is 2.30. The summed E-state index contributed by atoms with van der Waals surface area (Å²) in [5.74, 6) is 2.71. The van der Waals surface area contributed by atoms with Gasteiger partial charge in [0.1, 0.15) is 0 Å². The summed E-state index contributed by atoms with van der Waals surface area (Å²) >= 11 is 0. The number of rotatable bonds is 2. The van der Waals surface area contributed by atoms with Crippen LogP contribution in [0.2, 0.25) is 0 Å². The SMILES string of the molecule is C#CC(C)NC1CCC(C)(C)C1. The maximum absolute atomic E-state index is 5.31. The lowest BCUT2D eigenvalue weighted by atomic mass is 9.92. The minimum atomic E-state index is 0.226. The average Bonchev–Trinajstić information content (AvgIpc) is 2.30. The fourth-order valence-corrected chi connectivity index (χ4v) is 1.98. The number of hydrogen-bond donors (Lipinski definition) is 1. The standard InChI is InChI=1S/C11H19N/c1-5-9(2)12-10-6-7-11(3,4)8-10/h1,9-10,12H,6-8H2,2-4H3. The van der Waals surface area contributed by atoms with Gasteiger partial charge in [-0.15, -0.1) is 6.42 Å². The first-order valence-corrected chi connectivity index (χ1v) is 4.76. The van der Waals surface area contributed by atoms with Crippen molar-refractivity contribution in [1.29, 1.82) is 0 Å². The zero-order valence-electron chi connectivity index (χ0n) is 8.35. The molecule has 0 aromatic heterocycles. The molecular weight excluding hydrogens is 146 g/mol. The summed E-state index contributed by atoms with van der Waals surface area (Å²) in [6, 6.07) is 0.870. The van der Waals surface area contributed by atoms with E-state index in [-0.39, 0.29) is 6.04 Å². The highest BCUT2D eigenvalue weighted by atomic mass is 14.9. The van der Waals surface area contributed by atoms with Gasteiger partial charge >= 0.3 is 0 Å². The minimum Gasteiger partial charge on any atom is -0.301 e. The van der Waals surface area contributed by atoms with Gasteiger partial charge in [-0.1, -0.05) is 19.8 Å². The summed E-state index contributed by atoms with van der Waals surface area (Å²) in [6.45, 7) is 6.70. The lowest BCUT2D eigenvalue weighted by Crippen LogP contribution is -2.34. The molecule has 1 heteroatoms. The second-order valence-electron chi connectivity index (χ2n) is 4.66. The van der Waals surface area contributed by atoms with E-state index in [4.69, 9.17) is 6.42 Å². The molecule has 1 N–H and O–H groups in total. The highest BCUT2D eigenvalue weighted by molar-refractivity contribution is 4.99. The summed E-state index contributed by atoms with van der Waals surface area (Å²) in [7, 11) is 0. The van der Waals surface area contributed by atoms with Gasteiger partial charge in [-0.25, -0.2) is 0 Å². The Morgan fingerprint density at radius 3 is 2.67 bits per heavy atom. The normalized spacial score (nSPS) is 29.7. The molecule has 2 unspecified atom stereocenters. The Kier molecular flexibility index (Phi) is 2.80. The molecule has 0 saturated heterocycles. The molecule has 0 amide bonds. The lowest BCUT2D eigenvalue weighted by molar-refractivity contribution is 0.362. The first kappa shape index (κ1) is 9.61. The Labute approximate surface area is 75.9 Å². The third kappa shape index (κ3) is 2.53. The van der Waals surface area contributed by atoms with Gasteiger partial charge in [0.05, 0.1) is 6.04 Å². The fourth-order valence-electron chi connectivity index (χ4n) is 1.98. The van der Waals surface area contributed by atoms with Crippen molar-refractivity contribution in [3.8, 4) is 12.3 Å². The van der Waals surface area contributed by atoms with Gasteiger partial charge in [0.25, 0.3) is 0 Å². The van der Waals surface area contributed by atoms with E-state index in [1.807, 2.05) is 6.92 Å². The molecule has 1 aliphatic rings. The van der Waals surface area contributed by atoms with Crippen LogP contribution in [0.4, 0.5) is 0 Å². The molecule has 0 aromatic rings. The molecule has 12 heavy (non-hydrogen) atoms. The van der Waals surface area contributed by atoms with Gasteiger partial charge in [0.15, 0.2) is 0 Å². The maximum Gasteiger partial charge on any atom is 0.0660 e. The van der Waals surface area contributed by atoms with Crippen LogP contribution in [0.3, 0.4) is 0 Å². The van der Waals surface area contributed by atoms with Gasteiger partial charge in [0.2, 0.25) is 0 Å². The molecule has 1 rings (SSSR count). The van der Waals surface area contributed by atoms with Crippen molar-refractivity contribution < 1.29 is 0 Å². The van der Waals surface area contributed by atoms with Crippen LogP contribution in [0.5, 0.6) is 0 Å². The van der Waals surface area contributed by atoms with E-state index in [1.54, 1.807) is 0 Å². The van der Waals surface area contributed by atoms with Gasteiger partial charge in [-0.2, -0.15) is 0 Å². The van der Waals surface area contributed by atoms with Crippen LogP contribution in [0.25, 0.3) is 0 Å². The predicted octanol–water partition coefficient (Wildman–Crippen LogP) is 2.18. The molecule has 0 aromatic carbocycles. The van der Waals surface area contributed by atoms with E-state index in [0.29, 0.717) is 11.5 Å². The summed E-state index contributed by atoms with van der Waals surface area (Å²) in [5, 5.41) is 3.45. The van der Waals surface area contributed by atoms with Gasteiger partial charge in [-0.05, 0) is 31.6 Å². The van der Waals surface area contributed by atoms with Crippen molar-refractivity contribution in [3.63, 3.8) is 0 Å². The molecule has 0 radical (unpaired) electrons. The van der Waals surface area contributed by atoms with Crippen molar-refractivity contribution in [2.75, 3.05) is 0 Å². The zero-order chi connectivity index (χ0) is 9.19. The third-order valence-electron chi connectivity index (χ3n) is 2.70. The van der Waals surface area contributed by atoms with Crippen LogP contribution in [-0.2, 0) is 0 Å². The number of terminal acetylenes is 1. The molecule has 1 saturated carbocycles. The predicted molar refractivity (Wildman–Crippen MR) is 52.9 cm³/mol. The largest absolute Gasteiger partial charge is 0.301 e. The lowest BCUT2D eigenvalue weighted by Gasteiger charge is -2.19. The first-order valence-electron chi connectivity index (χ1n) is 4.76. The van der Waals surface area contributed by atoms with Crippen LogP contribution in [0, 0.1) is 17.8 Å². The van der Waals surface area contributed by atoms with Crippen molar-refractivity contribution in [2.24, 2.45) is 5.41 Å². The fraction of sp³-hybridized carbons (Fsp3) is 0.818. The Balaban J connectivity index is 2.34. The van der Waals surface area contributed by atoms with Crippen molar-refractivity contribution in [3.05, 3.63) is 0 Å². The number of nitrogens with one attached hydrogen (secondary N) is 1. The molecule has 0 heterocycles. The molecular formula is C11H19N. The van der Waals surface area contributed by atoms with Crippen LogP contribution in [0.15, 0.2) is 0 Å². The Morgan fingerprint density at radius 2 is 2.25 bits per heavy atom. The Bertz CT molecular complexity index is 188. The molecule has 0 spiro atoms. The van der Waals surface area contributed by atoms with Crippen molar-refractivity contribution >= 4 is 0 Å². The quantitative estimate of drug-likeness (QED) is 0.618. The average molecular weight is 165 g/mol. The smallest absolute Gasteiger partial charge is 0.0660 e. The second kappa shape index (κ2) is 3.49. The molecule has 2 atom stereocenters. The first-order chi connectivity index (χ1) is 5.53. The van der Waals surface area contributed by atoms with Crippen molar-refractivity contribution in [2.45, 2.75) is 52.1 Å². The van der Waals surface area contributed by atoms with Crippen LogP contribution in [-0.4, -0.2) is 12.1 Å². The molecule has 1 aliphatic carbocycles. The Morgan fingerprint density at radius 1 is 1.58 bits per heavy atom. The van der Waals surface area contributed by atoms with Crippen LogP contribution >= 0.6 is 0 Å². The Hall–Kier alpha value is -0.480. The molecule has 0 aliphatic heterocycles. The summed E-state index contributed by atoms with van der Waals surface area (Å²) in [4.78, 5) is 0. The summed E-state index contributed by atoms with van der Waals surface area (Å²) < 4.78 is 0. The van der Waals surface area contributed by atoms with E-state index in [1.165, 1.54) is 19.3 Å². The summed E-state index contributed by atoms with van der Waals surface area (Å²) in [5.41, 5.74) is 0.520. The monoisotopic (exact) mass is 165 g/mol. The third-order valence-corrected chi connectivity index (χ3v) is 2.70. The van der Waals surface area contributed by atoms with Gasteiger partial charge in [0, 0.05) is 6.04 Å². The molecule has 1 fully saturated rings. The van der Waals surface area contributed by atoms with E-state index in [9.17, 15) is 0 Å². The van der Waals surface area contributed by atoms with Crippen molar-refractivity contribution in [1.82, 2.24) is 5.32 Å². The van der Waals surface area contributed by atoms with E-state index >= 15 is 0 Å². The topological polar surface area (TPSA) is 12.0 Å². The van der Waals surface area contributed by atoms with Gasteiger partial charge in [-0.3, -0.25) is 0 Å². The highest BCUT2D eigenvalue weighted by Crippen LogP contribution is 2.36. The summed E-state index contributed by atoms with van der Waals surface area (Å²) in [6.07, 6.45) is 9.17. The molecule has 68 valence electrons. The number of hydrogen-bond acceptors (Lipinski definition) is 1. The van der Waals surface area contributed by atoms with E-state index < -0.39 is 0 Å². The maximum atomic E-state index is 5.31. The second-order valence-corrected chi connectivity index (χ2v) is 4.66. The molecule has 0 bridgehead atoms. The zero-order valence-corrected chi connectivity index (χ0v) is 8.35. The van der Waals surface area contributed by atoms with Crippen LogP contribution < -0.4 is 5.32 Å². The van der Waals surface area contributed by atoms with Gasteiger partial charge < -0.3 is 5.32 Å². The molecule has 1 nitrogen and oxygen atoms in total. The van der Waals surface area contributed by atoms with E-state index in [0.717, 1.165) is 0 Å². The van der Waals surface area contributed by atoms with E-state index in [2.05, 4.69) is 25.1 Å². The minimum absolute atomic E-state index is 0.226. The van der Waals surface area contributed by atoms with Crippen LogP contribution in [0.1, 0.15) is 40.0 Å².